The molecule has 1 aromatic heterocycles. The van der Waals surface area contributed by atoms with E-state index in [-0.39, 0.29) is 5.91 Å². The molecule has 0 saturated heterocycles. The maximum atomic E-state index is 12.1. The summed E-state index contributed by atoms with van der Waals surface area (Å²) in [6, 6.07) is 5.82. The summed E-state index contributed by atoms with van der Waals surface area (Å²) in [5, 5.41) is 0.554. The second-order valence-electron chi connectivity index (χ2n) is 4.89. The van der Waals surface area contributed by atoms with Crippen molar-refractivity contribution in [3.63, 3.8) is 0 Å². The molecule has 1 aromatic carbocycles. The molecular weight excluding hydrogens is 286 g/mol. The van der Waals surface area contributed by atoms with Gasteiger partial charge in [0.25, 0.3) is 0 Å². The first kappa shape index (κ1) is 13.9. The van der Waals surface area contributed by atoms with Crippen molar-refractivity contribution < 1.29 is 9.53 Å². The summed E-state index contributed by atoms with van der Waals surface area (Å²) in [5.74, 6) is 0.846. The second-order valence-corrected chi connectivity index (χ2v) is 6.12. The second kappa shape index (κ2) is 5.37. The van der Waals surface area contributed by atoms with Crippen molar-refractivity contribution in [2.24, 2.45) is 0 Å². The topological polar surface area (TPSA) is 68.5 Å². The van der Waals surface area contributed by atoms with Gasteiger partial charge in [0.15, 0.2) is 5.13 Å². The summed E-state index contributed by atoms with van der Waals surface area (Å²) < 4.78 is 5.64. The molecule has 2 N–H and O–H groups in total. The number of carbonyl (C=O) groups excluding carboxylic acids is 1. The van der Waals surface area contributed by atoms with Gasteiger partial charge >= 0.3 is 0 Å². The highest BCUT2D eigenvalue weighted by atomic mass is 32.1. The van der Waals surface area contributed by atoms with Crippen LogP contribution in [0.3, 0.4) is 0 Å². The molecular formula is C15H17N3O2S. The smallest absolute Gasteiger partial charge is 0.226 e. The highest BCUT2D eigenvalue weighted by Gasteiger charge is 2.23. The molecule has 5 nitrogen and oxygen atoms in total. The first-order valence-electron chi connectivity index (χ1n) is 6.90. The van der Waals surface area contributed by atoms with E-state index in [1.165, 1.54) is 11.3 Å². The normalized spacial score (nSPS) is 13.7. The minimum Gasteiger partial charge on any atom is -0.490 e. The van der Waals surface area contributed by atoms with E-state index >= 15 is 0 Å². The Morgan fingerprint density at radius 1 is 1.52 bits per heavy atom. The number of amides is 1. The first-order chi connectivity index (χ1) is 10.1. The number of aromatic nitrogens is 1. The van der Waals surface area contributed by atoms with Crippen LogP contribution in [0.25, 0.3) is 11.3 Å². The number of nitrogens with two attached hydrogens (primary N) is 1. The van der Waals surface area contributed by atoms with Crippen LogP contribution in [-0.2, 0) is 4.79 Å². The van der Waals surface area contributed by atoms with E-state index in [2.05, 4.69) is 4.98 Å². The summed E-state index contributed by atoms with van der Waals surface area (Å²) in [6.45, 7) is 4.98. The van der Waals surface area contributed by atoms with Gasteiger partial charge in [0.2, 0.25) is 5.91 Å². The number of fused-ring (bicyclic) bond motifs is 1. The molecule has 0 spiro atoms. The maximum absolute atomic E-state index is 12.1. The number of nitrogen functional groups attached to an aromatic ring is 1. The van der Waals surface area contributed by atoms with Crippen LogP contribution in [0.2, 0.25) is 0 Å². The number of ether oxygens (including phenoxy) is 1. The summed E-state index contributed by atoms with van der Waals surface area (Å²) in [7, 11) is 0. The Kier molecular flexibility index (Phi) is 3.55. The average Bonchev–Trinajstić information content (AvgIpc) is 2.84. The Hall–Kier alpha value is -2.08. The van der Waals surface area contributed by atoms with Crippen LogP contribution in [0.15, 0.2) is 18.2 Å². The van der Waals surface area contributed by atoms with Gasteiger partial charge in [-0.2, -0.15) is 0 Å². The Bertz CT molecular complexity index is 696. The van der Waals surface area contributed by atoms with E-state index in [1.54, 1.807) is 4.90 Å². The fourth-order valence-electron chi connectivity index (χ4n) is 2.50. The standard InChI is InChI=1S/C15H17N3O2S/c1-3-13(19)18-6-7-20-12-5-4-10(8-11(12)18)14-9(2)21-15(16)17-14/h4-5,8H,3,6-7H2,1-2H3,(H2,16,17). The van der Waals surface area contributed by atoms with Crippen LogP contribution >= 0.6 is 11.3 Å². The maximum Gasteiger partial charge on any atom is 0.226 e. The molecule has 0 aliphatic carbocycles. The number of thiazole rings is 1. The van der Waals surface area contributed by atoms with Gasteiger partial charge < -0.3 is 15.4 Å². The highest BCUT2D eigenvalue weighted by Crippen LogP contribution is 2.37. The van der Waals surface area contributed by atoms with Crippen LogP contribution in [0.4, 0.5) is 10.8 Å². The average molecular weight is 303 g/mol. The molecule has 3 rings (SSSR count). The van der Waals surface area contributed by atoms with E-state index in [0.29, 0.717) is 24.7 Å². The third kappa shape index (κ3) is 2.47. The molecule has 1 aliphatic rings. The fourth-order valence-corrected chi connectivity index (χ4v) is 3.21. The third-order valence-corrected chi connectivity index (χ3v) is 4.31. The largest absolute Gasteiger partial charge is 0.490 e. The lowest BCUT2D eigenvalue weighted by Crippen LogP contribution is -2.37. The molecule has 1 aliphatic heterocycles. The van der Waals surface area contributed by atoms with Gasteiger partial charge in [-0.1, -0.05) is 6.92 Å². The zero-order valence-corrected chi connectivity index (χ0v) is 12.9. The molecule has 1 amide bonds. The summed E-state index contributed by atoms with van der Waals surface area (Å²) in [6.07, 6.45) is 0.479. The number of hydrogen-bond donors (Lipinski definition) is 1. The van der Waals surface area contributed by atoms with E-state index in [1.807, 2.05) is 32.0 Å². The predicted octanol–water partition coefficient (Wildman–Crippen LogP) is 2.84. The lowest BCUT2D eigenvalue weighted by Gasteiger charge is -2.29. The van der Waals surface area contributed by atoms with Crippen molar-refractivity contribution in [2.75, 3.05) is 23.8 Å². The monoisotopic (exact) mass is 303 g/mol. The molecule has 0 unspecified atom stereocenters. The van der Waals surface area contributed by atoms with Gasteiger partial charge in [0.1, 0.15) is 12.4 Å². The minimum absolute atomic E-state index is 0.103. The van der Waals surface area contributed by atoms with Crippen LogP contribution in [0.1, 0.15) is 18.2 Å². The summed E-state index contributed by atoms with van der Waals surface area (Å²) in [5.41, 5.74) is 8.41. The van der Waals surface area contributed by atoms with Gasteiger partial charge in [-0.05, 0) is 25.1 Å². The van der Waals surface area contributed by atoms with Gasteiger partial charge in [-0.3, -0.25) is 4.79 Å². The molecule has 0 radical (unpaired) electrons. The van der Waals surface area contributed by atoms with Crippen LogP contribution < -0.4 is 15.4 Å². The molecule has 6 heteroatoms. The lowest BCUT2D eigenvalue weighted by atomic mass is 10.1. The molecule has 0 atom stereocenters. The predicted molar refractivity (Wildman–Crippen MR) is 84.8 cm³/mol. The van der Waals surface area contributed by atoms with Crippen molar-refractivity contribution >= 4 is 28.1 Å². The Morgan fingerprint density at radius 3 is 3.00 bits per heavy atom. The van der Waals surface area contributed by atoms with E-state index in [9.17, 15) is 4.79 Å². The van der Waals surface area contributed by atoms with Gasteiger partial charge in [0, 0.05) is 16.9 Å². The summed E-state index contributed by atoms with van der Waals surface area (Å²) in [4.78, 5) is 19.3. The quantitative estimate of drug-likeness (QED) is 0.926. The van der Waals surface area contributed by atoms with E-state index in [4.69, 9.17) is 10.5 Å². The van der Waals surface area contributed by atoms with Crippen molar-refractivity contribution in [3.8, 4) is 17.0 Å². The number of rotatable bonds is 2. The van der Waals surface area contributed by atoms with Crippen LogP contribution in [-0.4, -0.2) is 24.0 Å². The molecule has 2 heterocycles. The van der Waals surface area contributed by atoms with E-state index in [0.717, 1.165) is 27.6 Å². The van der Waals surface area contributed by atoms with Crippen LogP contribution in [0, 0.1) is 6.92 Å². The number of anilines is 2. The first-order valence-corrected chi connectivity index (χ1v) is 7.72. The molecule has 0 saturated carbocycles. The number of aryl methyl sites for hydroxylation is 1. The Balaban J connectivity index is 2.07. The number of hydrogen-bond acceptors (Lipinski definition) is 5. The zero-order valence-electron chi connectivity index (χ0n) is 12.0. The van der Waals surface area contributed by atoms with Gasteiger partial charge in [-0.15, -0.1) is 11.3 Å². The van der Waals surface area contributed by atoms with Crippen molar-refractivity contribution in [1.29, 1.82) is 0 Å². The van der Waals surface area contributed by atoms with E-state index < -0.39 is 0 Å². The lowest BCUT2D eigenvalue weighted by molar-refractivity contribution is -0.118. The molecule has 21 heavy (non-hydrogen) atoms. The number of benzene rings is 1. The molecule has 0 bridgehead atoms. The number of nitrogens with zero attached hydrogens (tertiary/aromatic N) is 2. The Labute approximate surface area is 127 Å². The fraction of sp³-hybridized carbons (Fsp3) is 0.333. The van der Waals surface area contributed by atoms with Crippen molar-refractivity contribution in [3.05, 3.63) is 23.1 Å². The SMILES string of the molecule is CCC(=O)N1CCOc2ccc(-c3nc(N)sc3C)cc21. The zero-order chi connectivity index (χ0) is 15.0. The van der Waals surface area contributed by atoms with Crippen molar-refractivity contribution in [1.82, 2.24) is 4.98 Å². The van der Waals surface area contributed by atoms with Crippen LogP contribution in [0.5, 0.6) is 5.75 Å². The van der Waals surface area contributed by atoms with Gasteiger partial charge in [0.05, 0.1) is 17.9 Å². The summed E-state index contributed by atoms with van der Waals surface area (Å²) >= 11 is 1.47. The van der Waals surface area contributed by atoms with Gasteiger partial charge in [-0.25, -0.2) is 4.98 Å². The number of carbonyl (C=O) groups is 1. The molecule has 0 fully saturated rings. The molecule has 110 valence electrons. The third-order valence-electron chi connectivity index (χ3n) is 3.51. The highest BCUT2D eigenvalue weighted by molar-refractivity contribution is 7.15. The minimum atomic E-state index is 0.103. The van der Waals surface area contributed by atoms with Crippen molar-refractivity contribution in [2.45, 2.75) is 20.3 Å². The molecule has 2 aromatic rings. The Morgan fingerprint density at radius 2 is 2.33 bits per heavy atom.